The van der Waals surface area contributed by atoms with Crippen LogP contribution in [0.15, 0.2) is 53.9 Å². The first-order valence-electron chi connectivity index (χ1n) is 9.68. The van der Waals surface area contributed by atoms with Crippen molar-refractivity contribution in [3.8, 4) is 5.69 Å². The molecule has 0 N–H and O–H groups in total. The molecular weight excluding hydrogens is 384 g/mol. The summed E-state index contributed by atoms with van der Waals surface area (Å²) in [5.41, 5.74) is 2.55. The number of nitrogens with zero attached hydrogens (tertiary/aromatic N) is 6. The maximum Gasteiger partial charge on any atom is 0.253 e. The Kier molecular flexibility index (Phi) is 5.80. The number of benzene rings is 1. The van der Waals surface area contributed by atoms with Crippen molar-refractivity contribution in [2.45, 2.75) is 18.5 Å². The Morgan fingerprint density at radius 3 is 2.76 bits per heavy atom. The smallest absolute Gasteiger partial charge is 0.253 e. The van der Waals surface area contributed by atoms with Crippen LogP contribution in [0.5, 0.6) is 0 Å². The molecule has 7 nitrogen and oxygen atoms in total. The summed E-state index contributed by atoms with van der Waals surface area (Å²) in [7, 11) is 0. The lowest BCUT2D eigenvalue weighted by molar-refractivity contribution is 0.0767. The van der Waals surface area contributed by atoms with Gasteiger partial charge in [0.2, 0.25) is 0 Å². The van der Waals surface area contributed by atoms with E-state index >= 15 is 0 Å². The van der Waals surface area contributed by atoms with Crippen LogP contribution < -0.4 is 4.90 Å². The third-order valence-electron chi connectivity index (χ3n) is 5.05. The van der Waals surface area contributed by atoms with E-state index in [9.17, 15) is 4.79 Å². The second kappa shape index (κ2) is 8.65. The number of hydrogen-bond donors (Lipinski definition) is 0. The quantitative estimate of drug-likeness (QED) is 0.618. The average Bonchev–Trinajstić information content (AvgIpc) is 3.11. The fourth-order valence-electron chi connectivity index (χ4n) is 3.52. The first-order chi connectivity index (χ1) is 14.2. The molecular formula is C21H24N6OS. The largest absolute Gasteiger partial charge is 0.353 e. The Labute approximate surface area is 174 Å². The van der Waals surface area contributed by atoms with Crippen molar-refractivity contribution in [3.63, 3.8) is 0 Å². The van der Waals surface area contributed by atoms with Gasteiger partial charge in [-0.2, -0.15) is 5.10 Å². The molecule has 1 saturated heterocycles. The molecule has 1 aliphatic rings. The summed E-state index contributed by atoms with van der Waals surface area (Å²) >= 11 is 1.58. The SMILES string of the molecule is CSc1nccn1-c1cccc(C(=O)N2CCCN(c3ccc(C)nn3)CC2)c1. The molecule has 29 heavy (non-hydrogen) atoms. The summed E-state index contributed by atoms with van der Waals surface area (Å²) in [5, 5.41) is 9.35. The van der Waals surface area contributed by atoms with Crippen molar-refractivity contribution in [3.05, 3.63) is 60.0 Å². The van der Waals surface area contributed by atoms with Gasteiger partial charge in [-0.15, -0.1) is 5.10 Å². The van der Waals surface area contributed by atoms with Gasteiger partial charge in [-0.1, -0.05) is 17.8 Å². The van der Waals surface area contributed by atoms with Crippen molar-refractivity contribution in [1.82, 2.24) is 24.6 Å². The summed E-state index contributed by atoms with van der Waals surface area (Å²) in [6.45, 7) is 4.95. The summed E-state index contributed by atoms with van der Waals surface area (Å²) in [4.78, 5) is 21.6. The summed E-state index contributed by atoms with van der Waals surface area (Å²) in [6, 6.07) is 11.7. The van der Waals surface area contributed by atoms with Crippen LogP contribution in [0.3, 0.4) is 0 Å². The number of amides is 1. The molecule has 0 spiro atoms. The predicted molar refractivity (Wildman–Crippen MR) is 115 cm³/mol. The Bertz CT molecular complexity index is 987. The van der Waals surface area contributed by atoms with Crippen LogP contribution in [0.4, 0.5) is 5.82 Å². The van der Waals surface area contributed by atoms with Gasteiger partial charge in [0.05, 0.1) is 5.69 Å². The standard InChI is InChI=1S/C21H24N6OS/c1-16-7-8-19(24-23-16)25-10-4-11-26(14-13-25)20(28)17-5-3-6-18(15-17)27-12-9-22-21(27)29-2/h3,5-9,12,15H,4,10-11,13-14H2,1-2H3. The Morgan fingerprint density at radius 1 is 1.07 bits per heavy atom. The molecule has 3 heterocycles. The lowest BCUT2D eigenvalue weighted by Crippen LogP contribution is -2.35. The fourth-order valence-corrected chi connectivity index (χ4v) is 4.05. The van der Waals surface area contributed by atoms with E-state index in [2.05, 4.69) is 20.1 Å². The van der Waals surface area contributed by atoms with Gasteiger partial charge in [0, 0.05) is 49.8 Å². The molecule has 1 fully saturated rings. The van der Waals surface area contributed by atoms with Gasteiger partial charge in [0.1, 0.15) is 0 Å². The summed E-state index contributed by atoms with van der Waals surface area (Å²) < 4.78 is 2.00. The highest BCUT2D eigenvalue weighted by Crippen LogP contribution is 2.20. The molecule has 0 saturated carbocycles. The van der Waals surface area contributed by atoms with Crippen LogP contribution in [0.1, 0.15) is 22.5 Å². The number of carbonyl (C=O) groups is 1. The minimum atomic E-state index is 0.0644. The second-order valence-corrected chi connectivity index (χ2v) is 7.77. The molecule has 1 aliphatic heterocycles. The van der Waals surface area contributed by atoms with Crippen molar-refractivity contribution >= 4 is 23.5 Å². The Morgan fingerprint density at radius 2 is 1.97 bits per heavy atom. The van der Waals surface area contributed by atoms with E-state index < -0.39 is 0 Å². The molecule has 3 aromatic rings. The zero-order chi connectivity index (χ0) is 20.2. The third kappa shape index (κ3) is 4.27. The van der Waals surface area contributed by atoms with Gasteiger partial charge < -0.3 is 9.80 Å². The highest BCUT2D eigenvalue weighted by molar-refractivity contribution is 7.98. The van der Waals surface area contributed by atoms with Crippen LogP contribution >= 0.6 is 11.8 Å². The predicted octanol–water partition coefficient (Wildman–Crippen LogP) is 3.05. The maximum absolute atomic E-state index is 13.2. The number of thioether (sulfide) groups is 1. The fraction of sp³-hybridized carbons (Fsp3) is 0.333. The number of imidazole rings is 1. The number of hydrogen-bond acceptors (Lipinski definition) is 6. The van der Waals surface area contributed by atoms with E-state index in [0.29, 0.717) is 12.1 Å². The van der Waals surface area contributed by atoms with Gasteiger partial charge in [-0.25, -0.2) is 4.98 Å². The molecule has 0 bridgehead atoms. The van der Waals surface area contributed by atoms with Crippen LogP contribution in [0.2, 0.25) is 0 Å². The minimum absolute atomic E-state index is 0.0644. The van der Waals surface area contributed by atoms with Crippen molar-refractivity contribution < 1.29 is 4.79 Å². The molecule has 0 atom stereocenters. The van der Waals surface area contributed by atoms with Gasteiger partial charge in [-0.3, -0.25) is 9.36 Å². The van der Waals surface area contributed by atoms with Crippen LogP contribution in [0.25, 0.3) is 5.69 Å². The third-order valence-corrected chi connectivity index (χ3v) is 5.72. The van der Waals surface area contributed by atoms with E-state index in [-0.39, 0.29) is 5.91 Å². The van der Waals surface area contributed by atoms with E-state index in [0.717, 1.165) is 48.4 Å². The maximum atomic E-state index is 13.2. The van der Waals surface area contributed by atoms with Crippen molar-refractivity contribution in [2.24, 2.45) is 0 Å². The van der Waals surface area contributed by atoms with Crippen molar-refractivity contribution in [1.29, 1.82) is 0 Å². The first-order valence-corrected chi connectivity index (χ1v) is 10.9. The molecule has 8 heteroatoms. The number of aromatic nitrogens is 4. The van der Waals surface area contributed by atoms with Crippen LogP contribution in [-0.2, 0) is 0 Å². The number of aryl methyl sites for hydroxylation is 1. The highest BCUT2D eigenvalue weighted by Gasteiger charge is 2.21. The molecule has 0 unspecified atom stereocenters. The second-order valence-electron chi connectivity index (χ2n) is 7.00. The summed E-state index contributed by atoms with van der Waals surface area (Å²) in [5.74, 6) is 0.936. The van der Waals surface area contributed by atoms with E-state index in [1.165, 1.54) is 0 Å². The molecule has 4 rings (SSSR count). The van der Waals surface area contributed by atoms with Gasteiger partial charge in [-0.05, 0) is 49.9 Å². The Balaban J connectivity index is 1.48. The normalized spacial score (nSPS) is 14.7. The van der Waals surface area contributed by atoms with E-state index in [1.807, 2.05) is 65.2 Å². The van der Waals surface area contributed by atoms with E-state index in [1.54, 1.807) is 18.0 Å². The molecule has 0 radical (unpaired) electrons. The molecule has 0 aliphatic carbocycles. The van der Waals surface area contributed by atoms with Crippen LogP contribution in [-0.4, -0.2) is 63.0 Å². The van der Waals surface area contributed by atoms with Gasteiger partial charge >= 0.3 is 0 Å². The topological polar surface area (TPSA) is 67.2 Å². The van der Waals surface area contributed by atoms with Crippen LogP contribution in [0, 0.1) is 6.92 Å². The molecule has 150 valence electrons. The van der Waals surface area contributed by atoms with Gasteiger partial charge in [0.15, 0.2) is 11.0 Å². The zero-order valence-electron chi connectivity index (χ0n) is 16.7. The average molecular weight is 409 g/mol. The monoisotopic (exact) mass is 408 g/mol. The number of rotatable bonds is 4. The molecule has 1 amide bonds. The summed E-state index contributed by atoms with van der Waals surface area (Å²) in [6.07, 6.45) is 6.59. The number of carbonyl (C=O) groups excluding carboxylic acids is 1. The first kappa shape index (κ1) is 19.4. The van der Waals surface area contributed by atoms with Gasteiger partial charge in [0.25, 0.3) is 5.91 Å². The highest BCUT2D eigenvalue weighted by atomic mass is 32.2. The van der Waals surface area contributed by atoms with E-state index in [4.69, 9.17) is 0 Å². The minimum Gasteiger partial charge on any atom is -0.353 e. The molecule has 1 aromatic carbocycles. The van der Waals surface area contributed by atoms with Crippen molar-refractivity contribution in [2.75, 3.05) is 37.3 Å². The zero-order valence-corrected chi connectivity index (χ0v) is 17.5. The lowest BCUT2D eigenvalue weighted by atomic mass is 10.1. The Hall–Kier alpha value is -2.87. The molecule has 2 aromatic heterocycles. The number of anilines is 1. The lowest BCUT2D eigenvalue weighted by Gasteiger charge is -2.22.